The molecule has 1 aromatic rings. The molecule has 0 fully saturated rings. The Bertz CT molecular complexity index is 398. The first-order chi connectivity index (χ1) is 7.74. The average Bonchev–Trinajstić information content (AvgIpc) is 2.30. The topological polar surface area (TPSA) is 46.5 Å². The van der Waals surface area contributed by atoms with Crippen LogP contribution in [0.15, 0.2) is 18.2 Å². The molecular weight excluding hydrogens is 204 g/mol. The maximum atomic E-state index is 11.2. The number of benzene rings is 1. The molecule has 3 heteroatoms. The molecule has 0 amide bonds. The first-order valence-electron chi connectivity index (χ1n) is 5.71. The molecule has 0 saturated carbocycles. The minimum atomic E-state index is -0.773. The number of aryl methyl sites for hydroxylation is 1. The van der Waals surface area contributed by atoms with Crippen LogP contribution in [0.4, 0.5) is 0 Å². The zero-order valence-corrected chi connectivity index (χ0v) is 9.40. The molecule has 1 heterocycles. The molecule has 0 saturated heterocycles. The summed E-state index contributed by atoms with van der Waals surface area (Å²) >= 11 is 0. The minimum absolute atomic E-state index is 0.451. The molecule has 16 heavy (non-hydrogen) atoms. The zero-order valence-electron chi connectivity index (χ0n) is 9.40. The highest BCUT2D eigenvalue weighted by molar-refractivity contribution is 5.77. The van der Waals surface area contributed by atoms with Crippen LogP contribution in [0.25, 0.3) is 0 Å². The van der Waals surface area contributed by atoms with Gasteiger partial charge in [0.15, 0.2) is 0 Å². The first kappa shape index (κ1) is 11.0. The van der Waals surface area contributed by atoms with E-state index in [0.29, 0.717) is 13.0 Å². The van der Waals surface area contributed by atoms with Crippen LogP contribution in [0.5, 0.6) is 5.75 Å². The molecule has 1 atom stereocenters. The number of carboxylic acids is 1. The molecule has 1 aliphatic heterocycles. The highest BCUT2D eigenvalue weighted by atomic mass is 16.5. The molecule has 2 rings (SSSR count). The number of carboxylic acid groups (broad SMARTS) is 1. The molecule has 1 N–H and O–H groups in total. The number of hydrogen-bond acceptors (Lipinski definition) is 2. The fourth-order valence-corrected chi connectivity index (χ4v) is 2.22. The van der Waals surface area contributed by atoms with Gasteiger partial charge in [-0.05, 0) is 24.8 Å². The second-order valence-corrected chi connectivity index (χ2v) is 4.09. The van der Waals surface area contributed by atoms with Crippen molar-refractivity contribution in [1.82, 2.24) is 0 Å². The lowest BCUT2D eigenvalue weighted by Gasteiger charge is -2.22. The number of rotatable bonds is 3. The first-order valence-corrected chi connectivity index (χ1v) is 5.71. The van der Waals surface area contributed by atoms with E-state index >= 15 is 0 Å². The van der Waals surface area contributed by atoms with Gasteiger partial charge in [0.1, 0.15) is 5.75 Å². The summed E-state index contributed by atoms with van der Waals surface area (Å²) in [5.41, 5.74) is 1.97. The van der Waals surface area contributed by atoms with Crippen molar-refractivity contribution in [3.8, 4) is 5.75 Å². The van der Waals surface area contributed by atoms with Gasteiger partial charge in [-0.3, -0.25) is 4.79 Å². The average molecular weight is 220 g/mol. The summed E-state index contributed by atoms with van der Waals surface area (Å²) in [6.45, 7) is 2.58. The summed E-state index contributed by atoms with van der Waals surface area (Å²) < 4.78 is 5.62. The third kappa shape index (κ3) is 1.90. The Morgan fingerprint density at radius 3 is 3.06 bits per heavy atom. The van der Waals surface area contributed by atoms with Crippen LogP contribution in [0, 0.1) is 0 Å². The summed E-state index contributed by atoms with van der Waals surface area (Å²) in [7, 11) is 0. The smallest absolute Gasteiger partial charge is 0.311 e. The summed E-state index contributed by atoms with van der Waals surface area (Å²) in [4.78, 5) is 11.2. The number of para-hydroxylation sites is 1. The Hall–Kier alpha value is -1.51. The largest absolute Gasteiger partial charge is 0.493 e. The van der Waals surface area contributed by atoms with E-state index in [0.717, 1.165) is 29.7 Å². The summed E-state index contributed by atoms with van der Waals surface area (Å²) in [5.74, 6) is -0.416. The van der Waals surface area contributed by atoms with Gasteiger partial charge in [-0.2, -0.15) is 0 Å². The van der Waals surface area contributed by atoms with Crippen molar-refractivity contribution in [3.05, 3.63) is 29.3 Å². The van der Waals surface area contributed by atoms with Crippen LogP contribution >= 0.6 is 0 Å². The Balaban J connectivity index is 2.43. The molecule has 0 aliphatic carbocycles. The van der Waals surface area contributed by atoms with Crippen LogP contribution in [-0.4, -0.2) is 17.7 Å². The van der Waals surface area contributed by atoms with Gasteiger partial charge in [-0.25, -0.2) is 0 Å². The third-order valence-electron chi connectivity index (χ3n) is 3.05. The molecule has 1 aromatic carbocycles. The second-order valence-electron chi connectivity index (χ2n) is 4.09. The molecule has 0 radical (unpaired) electrons. The van der Waals surface area contributed by atoms with Crippen LogP contribution < -0.4 is 4.74 Å². The number of aliphatic carboxylic acids is 1. The molecule has 3 nitrogen and oxygen atoms in total. The molecular formula is C13H16O3. The van der Waals surface area contributed by atoms with Crippen molar-refractivity contribution in [3.63, 3.8) is 0 Å². The lowest BCUT2D eigenvalue weighted by Crippen LogP contribution is -2.16. The molecule has 0 aromatic heterocycles. The lowest BCUT2D eigenvalue weighted by atomic mass is 9.92. The van der Waals surface area contributed by atoms with Crippen molar-refractivity contribution in [2.45, 2.75) is 32.1 Å². The number of carbonyl (C=O) groups is 1. The van der Waals surface area contributed by atoms with E-state index in [-0.39, 0.29) is 0 Å². The zero-order chi connectivity index (χ0) is 11.5. The van der Waals surface area contributed by atoms with Gasteiger partial charge in [0.05, 0.1) is 12.5 Å². The predicted molar refractivity (Wildman–Crippen MR) is 60.9 cm³/mol. The van der Waals surface area contributed by atoms with E-state index in [1.54, 1.807) is 0 Å². The van der Waals surface area contributed by atoms with Crippen molar-refractivity contribution >= 4 is 5.97 Å². The maximum Gasteiger partial charge on any atom is 0.311 e. The number of ether oxygens (including phenoxy) is 1. The van der Waals surface area contributed by atoms with Gasteiger partial charge in [-0.15, -0.1) is 0 Å². The van der Waals surface area contributed by atoms with Gasteiger partial charge >= 0.3 is 5.97 Å². The Morgan fingerprint density at radius 2 is 2.38 bits per heavy atom. The Kier molecular flexibility index (Phi) is 3.13. The molecule has 86 valence electrons. The molecule has 0 bridgehead atoms. The van der Waals surface area contributed by atoms with Gasteiger partial charge in [0, 0.05) is 5.56 Å². The Labute approximate surface area is 95.0 Å². The quantitative estimate of drug-likeness (QED) is 0.851. The van der Waals surface area contributed by atoms with E-state index in [1.807, 2.05) is 25.1 Å². The number of hydrogen-bond donors (Lipinski definition) is 1. The third-order valence-corrected chi connectivity index (χ3v) is 3.05. The lowest BCUT2D eigenvalue weighted by molar-refractivity contribution is -0.138. The SMILES string of the molecule is CCC(C(=O)O)c1cccc2c1OCCC2. The summed E-state index contributed by atoms with van der Waals surface area (Å²) in [6.07, 6.45) is 2.59. The predicted octanol–water partition coefficient (Wildman–Crippen LogP) is 2.59. The molecule has 1 aliphatic rings. The van der Waals surface area contributed by atoms with Crippen LogP contribution in [0.3, 0.4) is 0 Å². The summed E-state index contributed by atoms with van der Waals surface area (Å²) in [5, 5.41) is 9.17. The fraction of sp³-hybridized carbons (Fsp3) is 0.462. The fourth-order valence-electron chi connectivity index (χ4n) is 2.22. The van der Waals surface area contributed by atoms with E-state index < -0.39 is 11.9 Å². The second kappa shape index (κ2) is 4.56. The summed E-state index contributed by atoms with van der Waals surface area (Å²) in [6, 6.07) is 5.81. The van der Waals surface area contributed by atoms with E-state index in [1.165, 1.54) is 0 Å². The molecule has 0 spiro atoms. The monoisotopic (exact) mass is 220 g/mol. The van der Waals surface area contributed by atoms with E-state index in [9.17, 15) is 9.90 Å². The van der Waals surface area contributed by atoms with Crippen LogP contribution in [0.2, 0.25) is 0 Å². The van der Waals surface area contributed by atoms with Gasteiger partial charge in [0.2, 0.25) is 0 Å². The number of fused-ring (bicyclic) bond motifs is 1. The van der Waals surface area contributed by atoms with Crippen LogP contribution in [-0.2, 0) is 11.2 Å². The standard InChI is InChI=1S/C13H16O3/c1-2-10(13(14)15)11-7-3-5-9-6-4-8-16-12(9)11/h3,5,7,10H,2,4,6,8H2,1H3,(H,14,15). The molecule has 1 unspecified atom stereocenters. The maximum absolute atomic E-state index is 11.2. The normalized spacial score (nSPS) is 16.1. The Morgan fingerprint density at radius 1 is 1.56 bits per heavy atom. The minimum Gasteiger partial charge on any atom is -0.493 e. The van der Waals surface area contributed by atoms with Crippen molar-refractivity contribution in [2.24, 2.45) is 0 Å². The van der Waals surface area contributed by atoms with E-state index in [4.69, 9.17) is 4.74 Å². The van der Waals surface area contributed by atoms with Crippen molar-refractivity contribution < 1.29 is 14.6 Å². The van der Waals surface area contributed by atoms with Crippen molar-refractivity contribution in [2.75, 3.05) is 6.61 Å². The van der Waals surface area contributed by atoms with E-state index in [2.05, 4.69) is 0 Å². The van der Waals surface area contributed by atoms with Gasteiger partial charge < -0.3 is 9.84 Å². The van der Waals surface area contributed by atoms with Gasteiger partial charge in [0.25, 0.3) is 0 Å². The van der Waals surface area contributed by atoms with Crippen LogP contribution in [0.1, 0.15) is 36.8 Å². The van der Waals surface area contributed by atoms with Gasteiger partial charge in [-0.1, -0.05) is 25.1 Å². The highest BCUT2D eigenvalue weighted by Gasteiger charge is 2.24. The van der Waals surface area contributed by atoms with Crippen molar-refractivity contribution in [1.29, 1.82) is 0 Å². The highest BCUT2D eigenvalue weighted by Crippen LogP contribution is 2.35.